The van der Waals surface area contributed by atoms with Crippen molar-refractivity contribution in [2.24, 2.45) is 0 Å². The molecule has 0 spiro atoms. The van der Waals surface area contributed by atoms with Gasteiger partial charge in [-0.05, 0) is 51.7 Å². The molecule has 2 atom stereocenters. The predicted molar refractivity (Wildman–Crippen MR) is 80.1 cm³/mol. The van der Waals surface area contributed by atoms with Crippen LogP contribution in [0.2, 0.25) is 0 Å². The Morgan fingerprint density at radius 2 is 2.05 bits per heavy atom. The Morgan fingerprint density at radius 1 is 1.33 bits per heavy atom. The van der Waals surface area contributed by atoms with Crippen molar-refractivity contribution in [3.05, 3.63) is 0 Å². The molecule has 1 unspecified atom stereocenters. The van der Waals surface area contributed by atoms with Crippen molar-refractivity contribution in [1.82, 2.24) is 15.5 Å². The summed E-state index contributed by atoms with van der Waals surface area (Å²) in [5.74, 6) is -1.04. The molecule has 0 saturated carbocycles. The van der Waals surface area contributed by atoms with Gasteiger partial charge in [0.15, 0.2) is 0 Å². The van der Waals surface area contributed by atoms with E-state index in [9.17, 15) is 14.7 Å². The van der Waals surface area contributed by atoms with Gasteiger partial charge in [-0.2, -0.15) is 0 Å². The molecule has 2 fully saturated rings. The Morgan fingerprint density at radius 3 is 2.67 bits per heavy atom. The number of carbonyl (C=O) groups excluding carboxylic acids is 1. The third-order valence-electron chi connectivity index (χ3n) is 4.57. The maximum atomic E-state index is 12.5. The van der Waals surface area contributed by atoms with Crippen LogP contribution in [-0.4, -0.2) is 59.6 Å². The zero-order chi connectivity index (χ0) is 15.2. The molecular formula is C15H27N3O3. The minimum atomic E-state index is -0.934. The average Bonchev–Trinajstić information content (AvgIpc) is 2.97. The van der Waals surface area contributed by atoms with Gasteiger partial charge in [0, 0.05) is 6.04 Å². The average molecular weight is 297 g/mol. The summed E-state index contributed by atoms with van der Waals surface area (Å²) in [6.07, 6.45) is 5.24. The van der Waals surface area contributed by atoms with Gasteiger partial charge in [0.05, 0.1) is 6.04 Å². The summed E-state index contributed by atoms with van der Waals surface area (Å²) in [6, 6.07) is -0.441. The fourth-order valence-electron chi connectivity index (χ4n) is 3.46. The first kappa shape index (κ1) is 16.2. The van der Waals surface area contributed by atoms with E-state index in [-0.39, 0.29) is 11.9 Å². The van der Waals surface area contributed by atoms with Gasteiger partial charge in [0.25, 0.3) is 0 Å². The summed E-state index contributed by atoms with van der Waals surface area (Å²) in [6.45, 7) is 4.89. The van der Waals surface area contributed by atoms with Crippen molar-refractivity contribution < 1.29 is 14.7 Å². The predicted octanol–water partition coefficient (Wildman–Crippen LogP) is 0.572. The van der Waals surface area contributed by atoms with E-state index in [1.807, 2.05) is 6.92 Å². The number of carboxylic acids is 1. The van der Waals surface area contributed by atoms with Gasteiger partial charge in [0.2, 0.25) is 5.91 Å². The summed E-state index contributed by atoms with van der Waals surface area (Å²) in [4.78, 5) is 25.9. The highest BCUT2D eigenvalue weighted by molar-refractivity contribution is 5.87. The van der Waals surface area contributed by atoms with Gasteiger partial charge in [0.1, 0.15) is 6.04 Å². The van der Waals surface area contributed by atoms with E-state index < -0.39 is 12.0 Å². The number of hydrogen-bond acceptors (Lipinski definition) is 4. The number of likely N-dealkylation sites (tertiary alicyclic amines) is 1. The number of carboxylic acid groups (broad SMARTS) is 1. The largest absolute Gasteiger partial charge is 0.480 e. The van der Waals surface area contributed by atoms with Crippen LogP contribution < -0.4 is 10.6 Å². The molecule has 6 nitrogen and oxygen atoms in total. The van der Waals surface area contributed by atoms with E-state index in [1.54, 1.807) is 0 Å². The lowest BCUT2D eigenvalue weighted by atomic mass is 10.0. The molecule has 2 heterocycles. The van der Waals surface area contributed by atoms with Gasteiger partial charge in [-0.15, -0.1) is 0 Å². The summed E-state index contributed by atoms with van der Waals surface area (Å²) in [5.41, 5.74) is 0. The molecule has 3 N–H and O–H groups in total. The molecule has 2 aliphatic rings. The first-order chi connectivity index (χ1) is 10.1. The molecule has 2 aliphatic heterocycles. The number of carbonyl (C=O) groups is 2. The SMILES string of the molecule is CCC[C@H](NC(=O)C1CCCN1C1CCNCC1)C(=O)O. The standard InChI is InChI=1S/C15H27N3O3/c1-2-4-12(15(20)21)17-14(19)13-5-3-10-18(13)11-6-8-16-9-7-11/h11-13,16H,2-10H2,1H3,(H,17,19)(H,20,21)/t12-,13?/m0/s1. The van der Waals surface area contributed by atoms with Crippen LogP contribution in [0, 0.1) is 0 Å². The molecule has 0 aromatic heterocycles. The molecule has 2 rings (SSSR count). The summed E-state index contributed by atoms with van der Waals surface area (Å²) >= 11 is 0. The van der Waals surface area contributed by atoms with E-state index in [2.05, 4.69) is 15.5 Å². The van der Waals surface area contributed by atoms with Crippen molar-refractivity contribution in [2.75, 3.05) is 19.6 Å². The Bertz CT molecular complexity index is 369. The van der Waals surface area contributed by atoms with E-state index in [0.29, 0.717) is 12.5 Å². The van der Waals surface area contributed by atoms with Gasteiger partial charge in [-0.25, -0.2) is 4.79 Å². The summed E-state index contributed by atoms with van der Waals surface area (Å²) in [5, 5.41) is 15.2. The fraction of sp³-hybridized carbons (Fsp3) is 0.867. The minimum absolute atomic E-state index is 0.105. The molecule has 21 heavy (non-hydrogen) atoms. The maximum absolute atomic E-state index is 12.5. The molecule has 0 bridgehead atoms. The Labute approximate surface area is 126 Å². The Kier molecular flexibility index (Phi) is 5.99. The number of piperidine rings is 1. The van der Waals surface area contributed by atoms with Crippen LogP contribution in [0.4, 0.5) is 0 Å². The normalized spacial score (nSPS) is 25.7. The molecule has 2 saturated heterocycles. The highest BCUT2D eigenvalue weighted by Crippen LogP contribution is 2.24. The lowest BCUT2D eigenvalue weighted by molar-refractivity contribution is -0.142. The van der Waals surface area contributed by atoms with Gasteiger partial charge >= 0.3 is 5.97 Å². The van der Waals surface area contributed by atoms with Crippen molar-refractivity contribution >= 4 is 11.9 Å². The molecule has 0 aliphatic carbocycles. The Balaban J connectivity index is 1.94. The molecule has 120 valence electrons. The number of rotatable bonds is 6. The van der Waals surface area contributed by atoms with Crippen molar-refractivity contribution in [1.29, 1.82) is 0 Å². The van der Waals surface area contributed by atoms with E-state index in [4.69, 9.17) is 0 Å². The topological polar surface area (TPSA) is 81.7 Å². The van der Waals surface area contributed by atoms with Crippen LogP contribution in [0.25, 0.3) is 0 Å². The van der Waals surface area contributed by atoms with Crippen LogP contribution in [0.15, 0.2) is 0 Å². The third-order valence-corrected chi connectivity index (χ3v) is 4.57. The van der Waals surface area contributed by atoms with Crippen LogP contribution in [-0.2, 0) is 9.59 Å². The summed E-state index contributed by atoms with van der Waals surface area (Å²) in [7, 11) is 0. The molecular weight excluding hydrogens is 270 g/mol. The fourth-order valence-corrected chi connectivity index (χ4v) is 3.46. The first-order valence-corrected chi connectivity index (χ1v) is 8.13. The van der Waals surface area contributed by atoms with E-state index in [1.165, 1.54) is 0 Å². The van der Waals surface area contributed by atoms with Crippen LogP contribution in [0.1, 0.15) is 45.4 Å². The van der Waals surface area contributed by atoms with Gasteiger partial charge < -0.3 is 15.7 Å². The lowest BCUT2D eigenvalue weighted by Gasteiger charge is -2.35. The molecule has 0 aromatic carbocycles. The second kappa shape index (κ2) is 7.75. The zero-order valence-corrected chi connectivity index (χ0v) is 12.8. The van der Waals surface area contributed by atoms with E-state index >= 15 is 0 Å². The van der Waals surface area contributed by atoms with E-state index in [0.717, 1.165) is 51.7 Å². The second-order valence-electron chi connectivity index (χ2n) is 6.07. The first-order valence-electron chi connectivity index (χ1n) is 8.13. The number of aliphatic carboxylic acids is 1. The lowest BCUT2D eigenvalue weighted by Crippen LogP contribution is -2.53. The minimum Gasteiger partial charge on any atom is -0.480 e. The quantitative estimate of drug-likeness (QED) is 0.668. The molecule has 0 aromatic rings. The Hall–Kier alpha value is -1.14. The maximum Gasteiger partial charge on any atom is 0.326 e. The van der Waals surface area contributed by atoms with Crippen molar-refractivity contribution in [3.63, 3.8) is 0 Å². The molecule has 6 heteroatoms. The smallest absolute Gasteiger partial charge is 0.326 e. The number of hydrogen-bond donors (Lipinski definition) is 3. The number of nitrogens with zero attached hydrogens (tertiary/aromatic N) is 1. The zero-order valence-electron chi connectivity index (χ0n) is 12.8. The van der Waals surface area contributed by atoms with Gasteiger partial charge in [-0.1, -0.05) is 13.3 Å². The number of amides is 1. The van der Waals surface area contributed by atoms with Crippen molar-refractivity contribution in [3.8, 4) is 0 Å². The highest BCUT2D eigenvalue weighted by Gasteiger charge is 2.36. The van der Waals surface area contributed by atoms with Crippen molar-refractivity contribution in [2.45, 2.75) is 63.6 Å². The highest BCUT2D eigenvalue weighted by atomic mass is 16.4. The third kappa shape index (κ3) is 4.17. The monoisotopic (exact) mass is 297 g/mol. The van der Waals surface area contributed by atoms with Crippen LogP contribution >= 0.6 is 0 Å². The molecule has 0 radical (unpaired) electrons. The molecule has 1 amide bonds. The summed E-state index contributed by atoms with van der Waals surface area (Å²) < 4.78 is 0. The number of nitrogens with one attached hydrogen (secondary N) is 2. The van der Waals surface area contributed by atoms with Crippen LogP contribution in [0.5, 0.6) is 0 Å². The second-order valence-corrected chi connectivity index (χ2v) is 6.07. The van der Waals surface area contributed by atoms with Gasteiger partial charge in [-0.3, -0.25) is 9.69 Å². The van der Waals surface area contributed by atoms with Crippen LogP contribution in [0.3, 0.4) is 0 Å².